The topological polar surface area (TPSA) is 98.5 Å². The Labute approximate surface area is 136 Å². The standard InChI is InChI=1S/C14H20N2O4S.ClH/c1-9-3-4-11(14(17)20-2)7-13(9)21(18,19)16-8-12(15)10-5-6-10;/h3-4,7,10,12,16H,5-6,8,15H2,1-2H3;1H. The molecule has 1 atom stereocenters. The monoisotopic (exact) mass is 348 g/mol. The Morgan fingerprint density at radius 3 is 2.64 bits per heavy atom. The van der Waals surface area contributed by atoms with Gasteiger partial charge in [0.25, 0.3) is 0 Å². The number of hydrogen-bond acceptors (Lipinski definition) is 5. The maximum Gasteiger partial charge on any atom is 0.337 e. The highest BCUT2D eigenvalue weighted by Gasteiger charge is 2.29. The van der Waals surface area contributed by atoms with Gasteiger partial charge in [0.1, 0.15) is 0 Å². The summed E-state index contributed by atoms with van der Waals surface area (Å²) in [5.41, 5.74) is 6.67. The third-order valence-electron chi connectivity index (χ3n) is 3.64. The van der Waals surface area contributed by atoms with Gasteiger partial charge in [0.2, 0.25) is 10.0 Å². The van der Waals surface area contributed by atoms with E-state index in [-0.39, 0.29) is 35.5 Å². The van der Waals surface area contributed by atoms with Gasteiger partial charge in [-0.25, -0.2) is 17.9 Å². The van der Waals surface area contributed by atoms with Crippen molar-refractivity contribution in [3.05, 3.63) is 29.3 Å². The molecule has 1 aliphatic carbocycles. The van der Waals surface area contributed by atoms with Crippen molar-refractivity contribution in [1.29, 1.82) is 0 Å². The zero-order valence-electron chi connectivity index (χ0n) is 12.5. The summed E-state index contributed by atoms with van der Waals surface area (Å²) in [5.74, 6) is -0.156. The second-order valence-electron chi connectivity index (χ2n) is 5.33. The summed E-state index contributed by atoms with van der Waals surface area (Å²) in [6.07, 6.45) is 2.11. The van der Waals surface area contributed by atoms with Gasteiger partial charge in [-0.05, 0) is 43.4 Å². The first-order chi connectivity index (χ1) is 9.85. The Balaban J connectivity index is 0.00000242. The zero-order valence-corrected chi connectivity index (χ0v) is 14.2. The van der Waals surface area contributed by atoms with Gasteiger partial charge in [0.15, 0.2) is 0 Å². The summed E-state index contributed by atoms with van der Waals surface area (Å²) >= 11 is 0. The van der Waals surface area contributed by atoms with Gasteiger partial charge >= 0.3 is 5.97 Å². The van der Waals surface area contributed by atoms with Gasteiger partial charge in [0.05, 0.1) is 17.6 Å². The second kappa shape index (κ2) is 7.41. The van der Waals surface area contributed by atoms with Crippen LogP contribution in [0.1, 0.15) is 28.8 Å². The maximum atomic E-state index is 12.3. The van der Waals surface area contributed by atoms with E-state index in [2.05, 4.69) is 9.46 Å². The Bertz CT molecular complexity index is 644. The number of ether oxygens (including phenoxy) is 1. The number of benzene rings is 1. The van der Waals surface area contributed by atoms with Crippen LogP contribution >= 0.6 is 12.4 Å². The van der Waals surface area contributed by atoms with Gasteiger partial charge in [-0.3, -0.25) is 0 Å². The first kappa shape index (κ1) is 18.9. The number of carbonyl (C=O) groups excluding carboxylic acids is 1. The summed E-state index contributed by atoms with van der Waals surface area (Å²) in [6, 6.07) is 4.29. The van der Waals surface area contributed by atoms with Crippen molar-refractivity contribution in [1.82, 2.24) is 4.72 Å². The van der Waals surface area contributed by atoms with E-state index >= 15 is 0 Å². The molecule has 22 heavy (non-hydrogen) atoms. The predicted octanol–water partition coefficient (Wildman–Crippen LogP) is 1.22. The number of aryl methyl sites for hydroxylation is 1. The lowest BCUT2D eigenvalue weighted by molar-refractivity contribution is 0.0600. The largest absolute Gasteiger partial charge is 0.465 e. The molecule has 1 aliphatic rings. The quantitative estimate of drug-likeness (QED) is 0.753. The average Bonchev–Trinajstić information content (AvgIpc) is 3.29. The molecule has 2 rings (SSSR count). The number of nitrogens with two attached hydrogens (primary N) is 1. The van der Waals surface area contributed by atoms with Crippen molar-refractivity contribution in [3.63, 3.8) is 0 Å². The summed E-state index contributed by atoms with van der Waals surface area (Å²) in [6.45, 7) is 1.88. The molecule has 0 radical (unpaired) electrons. The van der Waals surface area contributed by atoms with Crippen LogP contribution in [-0.4, -0.2) is 34.1 Å². The average molecular weight is 349 g/mol. The molecule has 1 aromatic carbocycles. The van der Waals surface area contributed by atoms with Crippen LogP contribution in [0, 0.1) is 12.8 Å². The fourth-order valence-corrected chi connectivity index (χ4v) is 3.45. The highest BCUT2D eigenvalue weighted by Crippen LogP contribution is 2.31. The SMILES string of the molecule is COC(=O)c1ccc(C)c(S(=O)(=O)NCC(N)C2CC2)c1.Cl. The van der Waals surface area contributed by atoms with Crippen LogP contribution in [0.3, 0.4) is 0 Å². The second-order valence-corrected chi connectivity index (χ2v) is 7.06. The Kier molecular flexibility index (Phi) is 6.37. The molecule has 0 spiro atoms. The molecule has 1 fully saturated rings. The van der Waals surface area contributed by atoms with E-state index in [1.165, 1.54) is 19.2 Å². The minimum atomic E-state index is -3.69. The van der Waals surface area contributed by atoms with Crippen LogP contribution < -0.4 is 10.5 Å². The first-order valence-corrected chi connectivity index (χ1v) is 8.27. The first-order valence-electron chi connectivity index (χ1n) is 6.79. The highest BCUT2D eigenvalue weighted by molar-refractivity contribution is 7.89. The van der Waals surface area contributed by atoms with E-state index in [4.69, 9.17) is 5.73 Å². The number of methoxy groups -OCH3 is 1. The summed E-state index contributed by atoms with van der Waals surface area (Å²) < 4.78 is 31.8. The Morgan fingerprint density at radius 1 is 1.45 bits per heavy atom. The van der Waals surface area contributed by atoms with Crippen molar-refractivity contribution in [3.8, 4) is 0 Å². The fraction of sp³-hybridized carbons (Fsp3) is 0.500. The maximum absolute atomic E-state index is 12.3. The number of rotatable bonds is 6. The van der Waals surface area contributed by atoms with Crippen LogP contribution in [0.4, 0.5) is 0 Å². The van der Waals surface area contributed by atoms with Crippen molar-refractivity contribution in [2.75, 3.05) is 13.7 Å². The van der Waals surface area contributed by atoms with E-state index in [1.807, 2.05) is 0 Å². The molecule has 3 N–H and O–H groups in total. The molecule has 124 valence electrons. The van der Waals surface area contributed by atoms with Crippen molar-refractivity contribution >= 4 is 28.4 Å². The number of nitrogens with one attached hydrogen (secondary N) is 1. The molecule has 1 aromatic rings. The minimum Gasteiger partial charge on any atom is -0.465 e. The van der Waals surface area contributed by atoms with E-state index in [9.17, 15) is 13.2 Å². The van der Waals surface area contributed by atoms with Crippen molar-refractivity contribution < 1.29 is 17.9 Å². The fourth-order valence-electron chi connectivity index (χ4n) is 2.11. The van der Waals surface area contributed by atoms with Crippen LogP contribution in [0.2, 0.25) is 0 Å². The van der Waals surface area contributed by atoms with E-state index in [0.717, 1.165) is 12.8 Å². The number of sulfonamides is 1. The lowest BCUT2D eigenvalue weighted by Gasteiger charge is -2.14. The summed E-state index contributed by atoms with van der Waals surface area (Å²) in [4.78, 5) is 11.6. The molecule has 0 amide bonds. The summed E-state index contributed by atoms with van der Waals surface area (Å²) in [7, 11) is -2.44. The van der Waals surface area contributed by atoms with E-state index < -0.39 is 16.0 Å². The molecule has 1 saturated carbocycles. The third kappa shape index (κ3) is 4.42. The van der Waals surface area contributed by atoms with Crippen molar-refractivity contribution in [2.45, 2.75) is 30.7 Å². The molecule has 0 aromatic heterocycles. The van der Waals surface area contributed by atoms with Gasteiger partial charge in [-0.15, -0.1) is 12.4 Å². The molecular weight excluding hydrogens is 328 g/mol. The normalized spacial score (nSPS) is 15.8. The molecule has 0 bridgehead atoms. The molecule has 0 heterocycles. The van der Waals surface area contributed by atoms with Gasteiger partial charge in [-0.1, -0.05) is 6.07 Å². The zero-order chi connectivity index (χ0) is 15.6. The van der Waals surface area contributed by atoms with E-state index in [0.29, 0.717) is 11.5 Å². The molecule has 6 nitrogen and oxygen atoms in total. The van der Waals surface area contributed by atoms with E-state index in [1.54, 1.807) is 13.0 Å². The van der Waals surface area contributed by atoms with Crippen LogP contribution in [-0.2, 0) is 14.8 Å². The summed E-state index contributed by atoms with van der Waals surface area (Å²) in [5, 5.41) is 0. The Morgan fingerprint density at radius 2 is 2.09 bits per heavy atom. The van der Waals surface area contributed by atoms with Crippen LogP contribution in [0.5, 0.6) is 0 Å². The lowest BCUT2D eigenvalue weighted by atomic mass is 10.1. The number of esters is 1. The number of carbonyl (C=O) groups is 1. The molecule has 0 aliphatic heterocycles. The van der Waals surface area contributed by atoms with Crippen LogP contribution in [0.15, 0.2) is 23.1 Å². The van der Waals surface area contributed by atoms with Gasteiger partial charge in [-0.2, -0.15) is 0 Å². The van der Waals surface area contributed by atoms with Crippen molar-refractivity contribution in [2.24, 2.45) is 11.7 Å². The lowest BCUT2D eigenvalue weighted by Crippen LogP contribution is -2.38. The molecule has 0 saturated heterocycles. The van der Waals surface area contributed by atoms with Crippen LogP contribution in [0.25, 0.3) is 0 Å². The number of halogens is 1. The predicted molar refractivity (Wildman–Crippen MR) is 85.7 cm³/mol. The third-order valence-corrected chi connectivity index (χ3v) is 5.20. The minimum absolute atomic E-state index is 0. The molecule has 1 unspecified atom stereocenters. The highest BCUT2D eigenvalue weighted by atomic mass is 35.5. The van der Waals surface area contributed by atoms with Gasteiger partial charge in [0, 0.05) is 12.6 Å². The Hall–Kier alpha value is -1.15. The molecule has 8 heteroatoms. The number of hydrogen-bond donors (Lipinski definition) is 2. The smallest absolute Gasteiger partial charge is 0.337 e. The van der Waals surface area contributed by atoms with Gasteiger partial charge < -0.3 is 10.5 Å². The molecular formula is C14H21ClN2O4S.